The minimum absolute atomic E-state index is 0.0950. The number of halogens is 2. The van der Waals surface area contributed by atoms with E-state index < -0.39 is 17.0 Å². The largest absolute Gasteiger partial charge is 0.292 e. The summed E-state index contributed by atoms with van der Waals surface area (Å²) in [5.41, 5.74) is 0.710. The third-order valence-electron chi connectivity index (χ3n) is 2.70. The highest BCUT2D eigenvalue weighted by Crippen LogP contribution is 2.25. The van der Waals surface area contributed by atoms with E-state index in [4.69, 9.17) is 16.9 Å². The Morgan fingerprint density at radius 1 is 1.21 bits per heavy atom. The molecule has 2 nitrogen and oxygen atoms in total. The number of hydrogen-bond donors (Lipinski definition) is 0. The Balaban J connectivity index is 2.30. The number of hydrogen-bond acceptors (Lipinski definition) is 2. The molecule has 0 saturated heterocycles. The maximum absolute atomic E-state index is 13.5. The van der Waals surface area contributed by atoms with Crippen molar-refractivity contribution in [1.29, 1.82) is 5.26 Å². The van der Waals surface area contributed by atoms with Gasteiger partial charge in [-0.1, -0.05) is 30.3 Å². The first-order chi connectivity index (χ1) is 9.13. The molecule has 2 aromatic rings. The van der Waals surface area contributed by atoms with Crippen LogP contribution >= 0.6 is 11.6 Å². The van der Waals surface area contributed by atoms with Crippen molar-refractivity contribution in [3.05, 3.63) is 71.0 Å². The fourth-order valence-corrected chi connectivity index (χ4v) is 1.95. The molecule has 0 saturated carbocycles. The molecule has 2 aromatic carbocycles. The minimum Gasteiger partial charge on any atom is -0.292 e. The van der Waals surface area contributed by atoms with E-state index in [2.05, 4.69) is 0 Å². The molecule has 2 rings (SSSR count). The summed E-state index contributed by atoms with van der Waals surface area (Å²) in [7, 11) is 0. The Labute approximate surface area is 115 Å². The summed E-state index contributed by atoms with van der Waals surface area (Å²) in [6.45, 7) is 0. The number of alkyl halides is 1. The van der Waals surface area contributed by atoms with E-state index in [1.807, 2.05) is 6.07 Å². The molecule has 19 heavy (non-hydrogen) atoms. The monoisotopic (exact) mass is 273 g/mol. The minimum atomic E-state index is -0.867. The lowest BCUT2D eigenvalue weighted by molar-refractivity contribution is 0.0986. The van der Waals surface area contributed by atoms with Gasteiger partial charge in [0.15, 0.2) is 5.78 Å². The molecule has 0 spiro atoms. The molecule has 0 aliphatic heterocycles. The number of rotatable bonds is 3. The fourth-order valence-electron chi connectivity index (χ4n) is 1.68. The maximum atomic E-state index is 13.5. The first kappa shape index (κ1) is 13.3. The molecule has 0 aromatic heterocycles. The number of carbonyl (C=O) groups is 1. The van der Waals surface area contributed by atoms with Crippen LogP contribution in [0.5, 0.6) is 0 Å². The van der Waals surface area contributed by atoms with E-state index in [0.29, 0.717) is 5.56 Å². The van der Waals surface area contributed by atoms with E-state index in [9.17, 15) is 9.18 Å². The summed E-state index contributed by atoms with van der Waals surface area (Å²) in [5.74, 6) is -1.11. The molecule has 0 aliphatic carbocycles. The Hall–Kier alpha value is -2.18. The molecule has 0 bridgehead atoms. The van der Waals surface area contributed by atoms with Gasteiger partial charge in [0.1, 0.15) is 17.3 Å². The van der Waals surface area contributed by atoms with Gasteiger partial charge in [0.2, 0.25) is 0 Å². The van der Waals surface area contributed by atoms with Gasteiger partial charge in [-0.25, -0.2) is 4.39 Å². The van der Waals surface area contributed by atoms with Crippen LogP contribution in [0.1, 0.15) is 26.9 Å². The number of carbonyl (C=O) groups excluding carboxylic acids is 1. The van der Waals surface area contributed by atoms with E-state index in [-0.39, 0.29) is 11.1 Å². The highest BCUT2D eigenvalue weighted by atomic mass is 35.5. The molecule has 1 atom stereocenters. The van der Waals surface area contributed by atoms with Crippen molar-refractivity contribution < 1.29 is 9.18 Å². The van der Waals surface area contributed by atoms with Gasteiger partial charge < -0.3 is 0 Å². The zero-order chi connectivity index (χ0) is 13.8. The molecule has 94 valence electrons. The normalized spacial score (nSPS) is 11.6. The third-order valence-corrected chi connectivity index (χ3v) is 3.15. The number of ketones is 1. The van der Waals surface area contributed by atoms with Crippen LogP contribution in [0, 0.1) is 17.1 Å². The van der Waals surface area contributed by atoms with Crippen molar-refractivity contribution in [3.63, 3.8) is 0 Å². The summed E-state index contributed by atoms with van der Waals surface area (Å²) >= 11 is 6.08. The van der Waals surface area contributed by atoms with Crippen molar-refractivity contribution in [2.75, 3.05) is 0 Å². The summed E-state index contributed by atoms with van der Waals surface area (Å²) in [5, 5.41) is 7.77. The summed E-state index contributed by atoms with van der Waals surface area (Å²) in [6, 6.07) is 14.3. The average molecular weight is 274 g/mol. The van der Waals surface area contributed by atoms with Gasteiger partial charge in [-0.2, -0.15) is 5.26 Å². The van der Waals surface area contributed by atoms with Gasteiger partial charge in [-0.05, 0) is 23.8 Å². The second-order valence-corrected chi connectivity index (χ2v) is 4.38. The quantitative estimate of drug-likeness (QED) is 0.629. The van der Waals surface area contributed by atoms with Gasteiger partial charge in [0, 0.05) is 5.56 Å². The Kier molecular flexibility index (Phi) is 3.94. The van der Waals surface area contributed by atoms with Crippen LogP contribution in [0.25, 0.3) is 0 Å². The summed E-state index contributed by atoms with van der Waals surface area (Å²) in [6.07, 6.45) is 0. The van der Waals surface area contributed by atoms with Crippen molar-refractivity contribution >= 4 is 17.4 Å². The first-order valence-electron chi connectivity index (χ1n) is 5.56. The molecule has 0 N–H and O–H groups in total. The van der Waals surface area contributed by atoms with Gasteiger partial charge in [-0.15, -0.1) is 11.6 Å². The number of Topliss-reactive ketones (excluding diaryl/α,β-unsaturated/α-hetero) is 1. The number of nitrogens with zero attached hydrogens (tertiary/aromatic N) is 1. The lowest BCUT2D eigenvalue weighted by atomic mass is 10.0. The second-order valence-electron chi connectivity index (χ2n) is 3.94. The lowest BCUT2D eigenvalue weighted by Crippen LogP contribution is -2.08. The highest BCUT2D eigenvalue weighted by molar-refractivity contribution is 6.33. The molecular weight excluding hydrogens is 265 g/mol. The molecule has 0 aliphatic rings. The summed E-state index contributed by atoms with van der Waals surface area (Å²) < 4.78 is 13.5. The molecule has 1 unspecified atom stereocenters. The zero-order valence-corrected chi connectivity index (χ0v) is 10.6. The highest BCUT2D eigenvalue weighted by Gasteiger charge is 2.20. The predicted molar refractivity (Wildman–Crippen MR) is 70.5 cm³/mol. The molecule has 0 radical (unpaired) electrons. The van der Waals surface area contributed by atoms with E-state index in [0.717, 1.165) is 6.07 Å². The van der Waals surface area contributed by atoms with Gasteiger partial charge in [-0.3, -0.25) is 4.79 Å². The molecule has 0 fully saturated rings. The van der Waals surface area contributed by atoms with E-state index in [1.165, 1.54) is 12.1 Å². The Bertz CT molecular complexity index is 649. The molecule has 4 heteroatoms. The lowest BCUT2D eigenvalue weighted by Gasteiger charge is -2.09. The average Bonchev–Trinajstić information content (AvgIpc) is 2.46. The molecule has 0 amide bonds. The summed E-state index contributed by atoms with van der Waals surface area (Å²) in [4.78, 5) is 12.1. The van der Waals surface area contributed by atoms with Crippen LogP contribution in [0.15, 0.2) is 48.5 Å². The third kappa shape index (κ3) is 2.81. The molecule has 0 heterocycles. The molecular formula is C15H9ClFNO. The van der Waals surface area contributed by atoms with E-state index >= 15 is 0 Å². The number of nitriles is 1. The van der Waals surface area contributed by atoms with Crippen molar-refractivity contribution in [2.45, 2.75) is 5.38 Å². The van der Waals surface area contributed by atoms with Crippen molar-refractivity contribution in [3.8, 4) is 6.07 Å². The van der Waals surface area contributed by atoms with Crippen molar-refractivity contribution in [1.82, 2.24) is 0 Å². The Morgan fingerprint density at radius 2 is 1.89 bits per heavy atom. The smallest absolute Gasteiger partial charge is 0.185 e. The van der Waals surface area contributed by atoms with Crippen molar-refractivity contribution in [2.24, 2.45) is 0 Å². The zero-order valence-electron chi connectivity index (χ0n) is 9.81. The topological polar surface area (TPSA) is 40.9 Å². The van der Waals surface area contributed by atoms with Gasteiger partial charge in [0.25, 0.3) is 0 Å². The SMILES string of the molecule is N#Cc1ccc(C(=O)C(Cl)c2ccccc2)cc1F. The number of benzene rings is 2. The van der Waals surface area contributed by atoms with Crippen LogP contribution in [0.4, 0.5) is 4.39 Å². The van der Waals surface area contributed by atoms with Gasteiger partial charge >= 0.3 is 0 Å². The second kappa shape index (κ2) is 5.64. The van der Waals surface area contributed by atoms with Crippen LogP contribution < -0.4 is 0 Å². The predicted octanol–water partition coefficient (Wildman–Crippen LogP) is 3.86. The van der Waals surface area contributed by atoms with Crippen LogP contribution in [0.3, 0.4) is 0 Å². The first-order valence-corrected chi connectivity index (χ1v) is 6.00. The van der Waals surface area contributed by atoms with Crippen LogP contribution in [-0.4, -0.2) is 5.78 Å². The van der Waals surface area contributed by atoms with Crippen LogP contribution in [0.2, 0.25) is 0 Å². The Morgan fingerprint density at radius 3 is 2.47 bits per heavy atom. The van der Waals surface area contributed by atoms with Gasteiger partial charge in [0.05, 0.1) is 5.56 Å². The fraction of sp³-hybridized carbons (Fsp3) is 0.0667. The maximum Gasteiger partial charge on any atom is 0.185 e. The standard InChI is InChI=1S/C15H9ClFNO/c16-14(10-4-2-1-3-5-10)15(19)11-6-7-12(9-18)13(17)8-11/h1-8,14H. The van der Waals surface area contributed by atoms with E-state index in [1.54, 1.807) is 30.3 Å². The van der Waals surface area contributed by atoms with Crippen LogP contribution in [-0.2, 0) is 0 Å².